The highest BCUT2D eigenvalue weighted by molar-refractivity contribution is 7.89. The van der Waals surface area contributed by atoms with Crippen molar-refractivity contribution in [2.24, 2.45) is 0 Å². The Morgan fingerprint density at radius 3 is 2.67 bits per heavy atom. The van der Waals surface area contributed by atoms with Crippen molar-refractivity contribution in [3.8, 4) is 0 Å². The van der Waals surface area contributed by atoms with Crippen LogP contribution in [0, 0.1) is 5.82 Å². The molecule has 7 heteroatoms. The molecule has 0 saturated heterocycles. The first-order valence-corrected chi connectivity index (χ1v) is 7.36. The van der Waals surface area contributed by atoms with E-state index in [1.165, 1.54) is 12.1 Å². The number of halogens is 2. The van der Waals surface area contributed by atoms with E-state index in [2.05, 4.69) is 4.72 Å². The molecule has 100 valence electrons. The Kier molecular flexibility index (Phi) is 3.64. The molecule has 0 radical (unpaired) electrons. The lowest BCUT2D eigenvalue weighted by Crippen LogP contribution is -2.47. The molecule has 4 nitrogen and oxygen atoms in total. The largest absolute Gasteiger partial charge is 0.389 e. The van der Waals surface area contributed by atoms with Crippen LogP contribution in [0.15, 0.2) is 23.1 Å². The summed E-state index contributed by atoms with van der Waals surface area (Å²) in [4.78, 5) is -0.502. The maximum absolute atomic E-state index is 13.6. The Morgan fingerprint density at radius 1 is 1.44 bits per heavy atom. The first kappa shape index (κ1) is 13.7. The summed E-state index contributed by atoms with van der Waals surface area (Å²) in [6, 6.07) is 3.77. The van der Waals surface area contributed by atoms with Crippen LogP contribution in [-0.4, -0.2) is 25.7 Å². The Labute approximate surface area is 110 Å². The maximum Gasteiger partial charge on any atom is 0.243 e. The van der Waals surface area contributed by atoms with Gasteiger partial charge >= 0.3 is 0 Å². The molecule has 0 bridgehead atoms. The van der Waals surface area contributed by atoms with Gasteiger partial charge < -0.3 is 5.11 Å². The van der Waals surface area contributed by atoms with Crippen molar-refractivity contribution in [2.45, 2.75) is 29.8 Å². The summed E-state index contributed by atoms with van der Waals surface area (Å²) in [6.45, 7) is -0.110. The molecule has 0 amide bonds. The number of hydrogen-bond donors (Lipinski definition) is 2. The van der Waals surface area contributed by atoms with Crippen LogP contribution in [0.2, 0.25) is 5.02 Å². The number of hydrogen-bond acceptors (Lipinski definition) is 3. The summed E-state index contributed by atoms with van der Waals surface area (Å²) in [5.74, 6) is -0.979. The molecule has 0 spiro atoms. The Balaban J connectivity index is 2.18. The van der Waals surface area contributed by atoms with Crippen LogP contribution in [0.5, 0.6) is 0 Å². The van der Waals surface area contributed by atoms with E-state index in [1.807, 2.05) is 0 Å². The third-order valence-corrected chi connectivity index (χ3v) is 4.79. The molecule has 0 aliphatic heterocycles. The molecule has 1 fully saturated rings. The summed E-state index contributed by atoms with van der Waals surface area (Å²) in [6.07, 6.45) is 1.96. The fourth-order valence-electron chi connectivity index (χ4n) is 1.76. The number of rotatable bonds is 4. The average molecular weight is 294 g/mol. The standard InChI is InChI=1S/C11H13ClFNO3S/c12-8-3-1-4-9(10(8)13)18(16,17)14-7-11(15)5-2-6-11/h1,3-4,14-15H,2,5-7H2. The van der Waals surface area contributed by atoms with Crippen LogP contribution >= 0.6 is 11.6 Å². The molecule has 1 saturated carbocycles. The van der Waals surface area contributed by atoms with Gasteiger partial charge in [0.1, 0.15) is 4.90 Å². The molecule has 18 heavy (non-hydrogen) atoms. The van der Waals surface area contributed by atoms with Crippen LogP contribution in [0.25, 0.3) is 0 Å². The van der Waals surface area contributed by atoms with Crippen LogP contribution < -0.4 is 4.72 Å². The number of sulfonamides is 1. The second-order valence-corrected chi connectivity index (χ2v) is 6.60. The van der Waals surface area contributed by atoms with Gasteiger partial charge in [-0.2, -0.15) is 0 Å². The molecule has 0 heterocycles. The first-order chi connectivity index (χ1) is 8.34. The van der Waals surface area contributed by atoms with Crippen LogP contribution in [0.1, 0.15) is 19.3 Å². The molecule has 0 atom stereocenters. The van der Waals surface area contributed by atoms with Gasteiger partial charge in [-0.15, -0.1) is 0 Å². The smallest absolute Gasteiger partial charge is 0.243 e. The highest BCUT2D eigenvalue weighted by Crippen LogP contribution is 2.31. The minimum absolute atomic E-state index is 0.110. The lowest BCUT2D eigenvalue weighted by Gasteiger charge is -2.36. The highest BCUT2D eigenvalue weighted by atomic mass is 35.5. The van der Waals surface area contributed by atoms with Gasteiger partial charge in [0.25, 0.3) is 0 Å². The summed E-state index contributed by atoms with van der Waals surface area (Å²) >= 11 is 5.53. The quantitative estimate of drug-likeness (QED) is 0.887. The van der Waals surface area contributed by atoms with Crippen molar-refractivity contribution in [3.05, 3.63) is 29.0 Å². The number of aliphatic hydroxyl groups is 1. The van der Waals surface area contributed by atoms with Crippen molar-refractivity contribution >= 4 is 21.6 Å². The van der Waals surface area contributed by atoms with Crippen LogP contribution in [0.3, 0.4) is 0 Å². The van der Waals surface area contributed by atoms with E-state index in [0.29, 0.717) is 12.8 Å². The fourth-order valence-corrected chi connectivity index (χ4v) is 3.21. The van der Waals surface area contributed by atoms with Crippen molar-refractivity contribution in [3.63, 3.8) is 0 Å². The monoisotopic (exact) mass is 293 g/mol. The molecule has 0 unspecified atom stereocenters. The van der Waals surface area contributed by atoms with Gasteiger partial charge in [-0.3, -0.25) is 0 Å². The summed E-state index contributed by atoms with van der Waals surface area (Å²) in [5, 5.41) is 9.55. The molecule has 1 aromatic rings. The fraction of sp³-hybridized carbons (Fsp3) is 0.455. The zero-order valence-electron chi connectivity index (χ0n) is 9.49. The van der Waals surface area contributed by atoms with Gasteiger partial charge in [0.2, 0.25) is 10.0 Å². The molecule has 0 aromatic heterocycles. The molecular weight excluding hydrogens is 281 g/mol. The van der Waals surface area contributed by atoms with Crippen molar-refractivity contribution in [1.29, 1.82) is 0 Å². The summed E-state index contributed by atoms with van der Waals surface area (Å²) in [5.41, 5.74) is -0.998. The van der Waals surface area contributed by atoms with E-state index in [1.54, 1.807) is 0 Å². The van der Waals surface area contributed by atoms with Crippen molar-refractivity contribution < 1.29 is 17.9 Å². The van der Waals surface area contributed by atoms with Gasteiger partial charge in [0.15, 0.2) is 5.82 Å². The molecule has 1 aromatic carbocycles. The lowest BCUT2D eigenvalue weighted by molar-refractivity contribution is -0.0271. The summed E-state index contributed by atoms with van der Waals surface area (Å²) < 4.78 is 39.6. The van der Waals surface area contributed by atoms with Gasteiger partial charge in [-0.05, 0) is 31.4 Å². The minimum atomic E-state index is -3.99. The van der Waals surface area contributed by atoms with E-state index < -0.39 is 26.3 Å². The summed E-state index contributed by atoms with van der Waals surface area (Å²) in [7, 11) is -3.99. The second-order valence-electron chi connectivity index (χ2n) is 4.45. The average Bonchev–Trinajstić information content (AvgIpc) is 2.27. The van der Waals surface area contributed by atoms with Gasteiger partial charge in [-0.25, -0.2) is 17.5 Å². The zero-order valence-corrected chi connectivity index (χ0v) is 11.1. The molecule has 2 rings (SSSR count). The number of nitrogens with one attached hydrogen (secondary N) is 1. The van der Waals surface area contributed by atoms with E-state index in [0.717, 1.165) is 12.5 Å². The van der Waals surface area contributed by atoms with E-state index >= 15 is 0 Å². The normalized spacial score (nSPS) is 18.4. The van der Waals surface area contributed by atoms with E-state index in [-0.39, 0.29) is 11.6 Å². The molecular formula is C11H13ClFNO3S. The maximum atomic E-state index is 13.6. The third kappa shape index (κ3) is 2.66. The van der Waals surface area contributed by atoms with Crippen molar-refractivity contribution in [1.82, 2.24) is 4.72 Å². The SMILES string of the molecule is O=S(=O)(NCC1(O)CCC1)c1cccc(Cl)c1F. The predicted octanol–water partition coefficient (Wildman–Crippen LogP) is 1.67. The highest BCUT2D eigenvalue weighted by Gasteiger charge is 2.36. The topological polar surface area (TPSA) is 66.4 Å². The number of benzene rings is 1. The molecule has 1 aliphatic rings. The Bertz CT molecular complexity index is 557. The van der Waals surface area contributed by atoms with Crippen LogP contribution in [-0.2, 0) is 10.0 Å². The first-order valence-electron chi connectivity index (χ1n) is 5.50. The third-order valence-electron chi connectivity index (χ3n) is 3.08. The van der Waals surface area contributed by atoms with Crippen LogP contribution in [0.4, 0.5) is 4.39 Å². The van der Waals surface area contributed by atoms with Crippen molar-refractivity contribution in [2.75, 3.05) is 6.54 Å². The van der Waals surface area contributed by atoms with Gasteiger partial charge in [-0.1, -0.05) is 17.7 Å². The Hall–Kier alpha value is -0.690. The lowest BCUT2D eigenvalue weighted by atomic mass is 9.81. The minimum Gasteiger partial charge on any atom is -0.389 e. The van der Waals surface area contributed by atoms with Gasteiger partial charge in [0, 0.05) is 6.54 Å². The van der Waals surface area contributed by atoms with E-state index in [9.17, 15) is 17.9 Å². The van der Waals surface area contributed by atoms with Gasteiger partial charge in [0.05, 0.1) is 10.6 Å². The second kappa shape index (κ2) is 4.77. The van der Waals surface area contributed by atoms with E-state index in [4.69, 9.17) is 11.6 Å². The molecule has 1 aliphatic carbocycles. The molecule has 2 N–H and O–H groups in total. The zero-order chi connectivity index (χ0) is 13.4. The Morgan fingerprint density at radius 2 is 2.11 bits per heavy atom. The predicted molar refractivity (Wildman–Crippen MR) is 65.4 cm³/mol.